The van der Waals surface area contributed by atoms with Crippen LogP contribution in [-0.2, 0) is 6.42 Å². The van der Waals surface area contributed by atoms with Crippen LogP contribution in [0.1, 0.15) is 95.4 Å². The van der Waals surface area contributed by atoms with Crippen LogP contribution in [0.3, 0.4) is 0 Å². The normalized spacial score (nSPS) is 19.8. The summed E-state index contributed by atoms with van der Waals surface area (Å²) >= 11 is 0. The van der Waals surface area contributed by atoms with Gasteiger partial charge in [-0.05, 0) is 109 Å². The average molecular weight is 425 g/mol. The summed E-state index contributed by atoms with van der Waals surface area (Å²) in [7, 11) is 0. The quantitative estimate of drug-likeness (QED) is 0.318. The summed E-state index contributed by atoms with van der Waals surface area (Å²) in [5, 5.41) is 10.4. The van der Waals surface area contributed by atoms with Gasteiger partial charge in [-0.1, -0.05) is 49.6 Å². The first-order valence-corrected chi connectivity index (χ1v) is 12.0. The second-order valence-corrected chi connectivity index (χ2v) is 10.2. The molecule has 0 spiro atoms. The summed E-state index contributed by atoms with van der Waals surface area (Å²) in [4.78, 5) is 0. The van der Waals surface area contributed by atoms with Crippen molar-refractivity contribution in [1.82, 2.24) is 0 Å². The Balaban J connectivity index is 1.94. The van der Waals surface area contributed by atoms with Crippen LogP contribution >= 0.6 is 0 Å². The monoisotopic (exact) mass is 424 g/mol. The first kappa shape index (κ1) is 25.3. The van der Waals surface area contributed by atoms with E-state index < -0.39 is 0 Å². The molecule has 31 heavy (non-hydrogen) atoms. The van der Waals surface area contributed by atoms with Crippen molar-refractivity contribution >= 4 is 0 Å². The molecule has 0 saturated heterocycles. The summed E-state index contributed by atoms with van der Waals surface area (Å²) < 4.78 is 6.48. The number of fused-ring (bicyclic) bond motifs is 1. The standard InChI is InChI=1S/C29H44O2/c1-20(2)12-9-13-21(3)14-10-15-22(4)16-11-18-29(8)19-17-26-25(7)27(30)23(5)24(6)28(26)31-29/h11,14,16,18,20,30H,9-10,12-13,15,17,19H2,1-8H3. The number of hydrogen-bond acceptors (Lipinski definition) is 2. The van der Waals surface area contributed by atoms with E-state index in [9.17, 15) is 5.11 Å². The van der Waals surface area contributed by atoms with Gasteiger partial charge in [0.05, 0.1) is 0 Å². The van der Waals surface area contributed by atoms with Crippen molar-refractivity contribution in [3.8, 4) is 11.5 Å². The minimum absolute atomic E-state index is 0.308. The van der Waals surface area contributed by atoms with Crippen LogP contribution in [0.4, 0.5) is 0 Å². The van der Waals surface area contributed by atoms with Crippen molar-refractivity contribution in [2.45, 2.75) is 106 Å². The predicted molar refractivity (Wildman–Crippen MR) is 134 cm³/mol. The highest BCUT2D eigenvalue weighted by Crippen LogP contribution is 2.43. The molecule has 1 atom stereocenters. The van der Waals surface area contributed by atoms with E-state index in [1.165, 1.54) is 30.4 Å². The van der Waals surface area contributed by atoms with E-state index in [1.807, 2.05) is 20.8 Å². The van der Waals surface area contributed by atoms with E-state index in [2.05, 4.69) is 58.9 Å². The minimum atomic E-state index is -0.308. The number of phenolic OH excluding ortho intramolecular Hbond substituents is 1. The smallest absolute Gasteiger partial charge is 0.127 e. The summed E-state index contributed by atoms with van der Waals surface area (Å²) in [6, 6.07) is 0. The fourth-order valence-corrected chi connectivity index (χ4v) is 4.32. The van der Waals surface area contributed by atoms with Gasteiger partial charge in [0.25, 0.3) is 0 Å². The Morgan fingerprint density at radius 2 is 1.77 bits per heavy atom. The van der Waals surface area contributed by atoms with Crippen LogP contribution in [0.15, 0.2) is 35.5 Å². The Morgan fingerprint density at radius 1 is 1.06 bits per heavy atom. The van der Waals surface area contributed by atoms with Crippen molar-refractivity contribution in [3.63, 3.8) is 0 Å². The molecule has 1 N–H and O–H groups in total. The van der Waals surface area contributed by atoms with Gasteiger partial charge in [-0.2, -0.15) is 0 Å². The van der Waals surface area contributed by atoms with E-state index in [1.54, 1.807) is 0 Å². The largest absolute Gasteiger partial charge is 0.507 e. The molecule has 1 heterocycles. The Labute approximate surface area is 191 Å². The van der Waals surface area contributed by atoms with Crippen molar-refractivity contribution in [1.29, 1.82) is 0 Å². The van der Waals surface area contributed by atoms with E-state index in [0.717, 1.165) is 59.6 Å². The summed E-state index contributed by atoms with van der Waals surface area (Å²) in [6.07, 6.45) is 16.9. The first-order chi connectivity index (χ1) is 14.5. The molecular formula is C29H44O2. The number of phenols is 1. The Hall–Kier alpha value is -1.96. The fraction of sp³-hybridized carbons (Fsp3) is 0.586. The lowest BCUT2D eigenvalue weighted by Crippen LogP contribution is -2.35. The van der Waals surface area contributed by atoms with Crippen LogP contribution < -0.4 is 4.74 Å². The van der Waals surface area contributed by atoms with E-state index in [0.29, 0.717) is 5.75 Å². The lowest BCUT2D eigenvalue weighted by atomic mass is 9.87. The molecule has 1 aliphatic heterocycles. The highest BCUT2D eigenvalue weighted by Gasteiger charge is 2.32. The van der Waals surface area contributed by atoms with Crippen LogP contribution in [0.25, 0.3) is 0 Å². The van der Waals surface area contributed by atoms with Gasteiger partial charge < -0.3 is 9.84 Å². The van der Waals surface area contributed by atoms with Gasteiger partial charge in [0.15, 0.2) is 0 Å². The predicted octanol–water partition coefficient (Wildman–Crippen LogP) is 8.46. The van der Waals surface area contributed by atoms with Gasteiger partial charge >= 0.3 is 0 Å². The molecular weight excluding hydrogens is 380 g/mol. The third-order valence-corrected chi connectivity index (χ3v) is 6.76. The molecule has 0 fully saturated rings. The maximum Gasteiger partial charge on any atom is 0.127 e. The Kier molecular flexibility index (Phi) is 9.03. The summed E-state index contributed by atoms with van der Waals surface area (Å²) in [6.45, 7) is 17.2. The van der Waals surface area contributed by atoms with E-state index in [-0.39, 0.29) is 5.60 Å². The first-order valence-electron chi connectivity index (χ1n) is 12.0. The van der Waals surface area contributed by atoms with E-state index in [4.69, 9.17) is 4.74 Å². The molecule has 0 radical (unpaired) electrons. The molecule has 2 nitrogen and oxygen atoms in total. The van der Waals surface area contributed by atoms with Crippen LogP contribution in [0.5, 0.6) is 11.5 Å². The zero-order valence-corrected chi connectivity index (χ0v) is 21.2. The molecule has 1 aromatic carbocycles. The van der Waals surface area contributed by atoms with Gasteiger partial charge in [0.2, 0.25) is 0 Å². The molecule has 172 valence electrons. The van der Waals surface area contributed by atoms with Crippen LogP contribution in [0.2, 0.25) is 0 Å². The van der Waals surface area contributed by atoms with Crippen LogP contribution in [-0.4, -0.2) is 10.7 Å². The highest BCUT2D eigenvalue weighted by atomic mass is 16.5. The number of aromatic hydroxyl groups is 1. The molecule has 2 rings (SSSR count). The lowest BCUT2D eigenvalue weighted by molar-refractivity contribution is 0.112. The van der Waals surface area contributed by atoms with Gasteiger partial charge in [-0.15, -0.1) is 0 Å². The second-order valence-electron chi connectivity index (χ2n) is 10.2. The lowest BCUT2D eigenvalue weighted by Gasteiger charge is -2.36. The third-order valence-electron chi connectivity index (χ3n) is 6.76. The maximum absolute atomic E-state index is 10.4. The SMILES string of the molecule is CC(=CC=CC1(C)CCc2c(C)c(O)c(C)c(C)c2O1)CCC=C(C)CCCC(C)C. The zero-order chi connectivity index (χ0) is 23.2. The topological polar surface area (TPSA) is 29.5 Å². The second kappa shape index (κ2) is 11.1. The van der Waals surface area contributed by atoms with Crippen molar-refractivity contribution in [2.24, 2.45) is 5.92 Å². The maximum atomic E-state index is 10.4. The number of hydrogen-bond donors (Lipinski definition) is 1. The highest BCUT2D eigenvalue weighted by molar-refractivity contribution is 5.58. The number of rotatable bonds is 9. The van der Waals surface area contributed by atoms with Gasteiger partial charge in [-0.3, -0.25) is 0 Å². The van der Waals surface area contributed by atoms with Gasteiger partial charge in [0.1, 0.15) is 17.1 Å². The summed E-state index contributed by atoms with van der Waals surface area (Å²) in [5.74, 6) is 2.18. The van der Waals surface area contributed by atoms with Crippen LogP contribution in [0, 0.1) is 26.7 Å². The molecule has 0 amide bonds. The molecule has 0 aliphatic carbocycles. The molecule has 1 aliphatic rings. The Bertz CT molecular complexity index is 854. The Morgan fingerprint density at radius 3 is 2.45 bits per heavy atom. The van der Waals surface area contributed by atoms with Gasteiger partial charge in [-0.25, -0.2) is 0 Å². The van der Waals surface area contributed by atoms with E-state index >= 15 is 0 Å². The van der Waals surface area contributed by atoms with Crippen molar-refractivity contribution in [2.75, 3.05) is 0 Å². The van der Waals surface area contributed by atoms with Crippen molar-refractivity contribution < 1.29 is 9.84 Å². The molecule has 2 heteroatoms. The molecule has 1 aromatic rings. The fourth-order valence-electron chi connectivity index (χ4n) is 4.32. The van der Waals surface area contributed by atoms with Crippen molar-refractivity contribution in [3.05, 3.63) is 57.7 Å². The summed E-state index contributed by atoms with van der Waals surface area (Å²) in [5.41, 5.74) is 6.72. The third kappa shape index (κ3) is 7.02. The number of allylic oxidation sites excluding steroid dienone is 5. The van der Waals surface area contributed by atoms with Gasteiger partial charge in [0, 0.05) is 5.56 Å². The zero-order valence-electron chi connectivity index (χ0n) is 21.2. The minimum Gasteiger partial charge on any atom is -0.507 e. The number of ether oxygens (including phenoxy) is 1. The number of benzene rings is 1. The molecule has 1 unspecified atom stereocenters. The molecule has 0 saturated carbocycles. The molecule has 0 aromatic heterocycles. The molecule has 0 bridgehead atoms. The average Bonchev–Trinajstić information content (AvgIpc) is 2.70.